The number of aryl methyl sites for hydroxylation is 1. The van der Waals surface area contributed by atoms with Crippen molar-refractivity contribution in [3.8, 4) is 11.5 Å². The maximum atomic E-state index is 12.2. The second-order valence-corrected chi connectivity index (χ2v) is 6.91. The number of amides is 1. The summed E-state index contributed by atoms with van der Waals surface area (Å²) in [6.07, 6.45) is 0.367. The average molecular weight is 421 g/mol. The van der Waals surface area contributed by atoms with Gasteiger partial charge in [-0.15, -0.1) is 0 Å². The highest BCUT2D eigenvalue weighted by Gasteiger charge is 2.21. The molecule has 1 amide bonds. The zero-order valence-electron chi connectivity index (χ0n) is 16.6. The van der Waals surface area contributed by atoms with Gasteiger partial charge in [0.2, 0.25) is 5.91 Å². The molecule has 0 bridgehead atoms. The van der Waals surface area contributed by atoms with Crippen LogP contribution in [0.2, 0.25) is 5.02 Å². The number of ether oxygens (including phenoxy) is 2. The number of hydrogen-bond donors (Lipinski definition) is 3. The van der Waals surface area contributed by atoms with Gasteiger partial charge in [-0.25, -0.2) is 0 Å². The van der Waals surface area contributed by atoms with Crippen molar-refractivity contribution in [1.82, 2.24) is 5.32 Å². The number of benzene rings is 2. The van der Waals surface area contributed by atoms with Crippen LogP contribution in [0.3, 0.4) is 0 Å². The van der Waals surface area contributed by atoms with Crippen LogP contribution in [0.4, 0.5) is 5.69 Å². The van der Waals surface area contributed by atoms with Crippen LogP contribution in [0.25, 0.3) is 0 Å². The van der Waals surface area contributed by atoms with Crippen molar-refractivity contribution in [2.75, 3.05) is 26.1 Å². The second-order valence-electron chi connectivity index (χ2n) is 6.50. The number of halogens is 1. The van der Waals surface area contributed by atoms with Crippen LogP contribution in [0.5, 0.6) is 11.5 Å². The summed E-state index contributed by atoms with van der Waals surface area (Å²) in [4.78, 5) is 23.7. The molecule has 2 aromatic rings. The number of carbonyl (C=O) groups is 2. The molecule has 0 radical (unpaired) electrons. The summed E-state index contributed by atoms with van der Waals surface area (Å²) in [5, 5.41) is 15.5. The summed E-state index contributed by atoms with van der Waals surface area (Å²) in [6, 6.07) is 9.65. The molecule has 0 saturated carbocycles. The van der Waals surface area contributed by atoms with E-state index >= 15 is 0 Å². The van der Waals surface area contributed by atoms with E-state index in [2.05, 4.69) is 10.6 Å². The van der Waals surface area contributed by atoms with Gasteiger partial charge in [-0.05, 0) is 55.3 Å². The third-order valence-corrected chi connectivity index (χ3v) is 4.80. The normalized spacial score (nSPS) is 11.6. The van der Waals surface area contributed by atoms with Crippen LogP contribution in [0, 0.1) is 6.92 Å². The minimum atomic E-state index is -1.09. The van der Waals surface area contributed by atoms with E-state index in [1.165, 1.54) is 0 Å². The minimum absolute atomic E-state index is 0.202. The summed E-state index contributed by atoms with van der Waals surface area (Å²) in [5.41, 5.74) is 2.38. The second kappa shape index (κ2) is 10.7. The Morgan fingerprint density at radius 3 is 2.45 bits per heavy atom. The Bertz CT molecular complexity index is 872. The van der Waals surface area contributed by atoms with Gasteiger partial charge in [0.1, 0.15) is 6.04 Å². The van der Waals surface area contributed by atoms with Crippen molar-refractivity contribution in [3.63, 3.8) is 0 Å². The number of carbonyl (C=O) groups excluding carboxylic acids is 1. The fourth-order valence-corrected chi connectivity index (χ4v) is 2.92. The van der Waals surface area contributed by atoms with Crippen LogP contribution < -0.4 is 20.1 Å². The van der Waals surface area contributed by atoms with Gasteiger partial charge in [-0.2, -0.15) is 0 Å². The molecule has 0 saturated heterocycles. The molecule has 0 aliphatic rings. The fraction of sp³-hybridized carbons (Fsp3) is 0.333. The molecule has 0 heterocycles. The molecule has 8 heteroatoms. The molecule has 0 aliphatic carbocycles. The molecule has 7 nitrogen and oxygen atoms in total. The van der Waals surface area contributed by atoms with Gasteiger partial charge < -0.3 is 25.2 Å². The number of anilines is 1. The third kappa shape index (κ3) is 6.66. The summed E-state index contributed by atoms with van der Waals surface area (Å²) >= 11 is 6.05. The van der Waals surface area contributed by atoms with Gasteiger partial charge in [0, 0.05) is 10.7 Å². The topological polar surface area (TPSA) is 96.9 Å². The van der Waals surface area contributed by atoms with Crippen molar-refractivity contribution in [3.05, 3.63) is 52.5 Å². The SMILES string of the molecule is COc1ccc(CCNC(CC(=O)Nc2ccc(C)c(Cl)c2)C(=O)O)cc1OC. The smallest absolute Gasteiger partial charge is 0.321 e. The number of hydrogen-bond acceptors (Lipinski definition) is 5. The van der Waals surface area contributed by atoms with Gasteiger partial charge in [0.15, 0.2) is 11.5 Å². The van der Waals surface area contributed by atoms with E-state index in [-0.39, 0.29) is 6.42 Å². The maximum absolute atomic E-state index is 12.2. The van der Waals surface area contributed by atoms with E-state index in [9.17, 15) is 14.7 Å². The van der Waals surface area contributed by atoms with Crippen molar-refractivity contribution in [2.24, 2.45) is 0 Å². The van der Waals surface area contributed by atoms with Crippen LogP contribution in [-0.2, 0) is 16.0 Å². The van der Waals surface area contributed by atoms with E-state index in [0.717, 1.165) is 11.1 Å². The number of methoxy groups -OCH3 is 2. The third-order valence-electron chi connectivity index (χ3n) is 4.40. The van der Waals surface area contributed by atoms with Crippen LogP contribution in [0.1, 0.15) is 17.5 Å². The van der Waals surface area contributed by atoms with Gasteiger partial charge in [0.25, 0.3) is 0 Å². The quantitative estimate of drug-likeness (QED) is 0.545. The number of nitrogens with one attached hydrogen (secondary N) is 2. The molecule has 29 heavy (non-hydrogen) atoms. The van der Waals surface area contributed by atoms with Crippen molar-refractivity contribution < 1.29 is 24.2 Å². The molecule has 0 aromatic heterocycles. The summed E-state index contributed by atoms with van der Waals surface area (Å²) in [6.45, 7) is 2.24. The molecule has 0 fully saturated rings. The maximum Gasteiger partial charge on any atom is 0.321 e. The van der Waals surface area contributed by atoms with E-state index in [1.807, 2.05) is 19.1 Å². The molecule has 0 spiro atoms. The highest BCUT2D eigenvalue weighted by atomic mass is 35.5. The predicted octanol–water partition coefficient (Wildman–Crippen LogP) is 3.28. The Labute approximate surface area is 175 Å². The number of carboxylic acids is 1. The molecule has 2 rings (SSSR count). The lowest BCUT2D eigenvalue weighted by Gasteiger charge is -2.15. The fourth-order valence-electron chi connectivity index (χ4n) is 2.74. The lowest BCUT2D eigenvalue weighted by atomic mass is 10.1. The van der Waals surface area contributed by atoms with Crippen molar-refractivity contribution in [1.29, 1.82) is 0 Å². The molecular formula is C21H25ClN2O5. The Hall–Kier alpha value is -2.77. The molecule has 1 atom stereocenters. The standard InChI is InChI=1S/C21H25ClN2O5/c1-13-4-6-15(11-16(13)22)24-20(25)12-17(21(26)27)23-9-8-14-5-7-18(28-2)19(10-14)29-3/h4-7,10-11,17,23H,8-9,12H2,1-3H3,(H,24,25)(H,26,27). The summed E-state index contributed by atoms with van der Waals surface area (Å²) in [7, 11) is 3.12. The lowest BCUT2D eigenvalue weighted by molar-refractivity contribution is -0.141. The van der Waals surface area contributed by atoms with Gasteiger partial charge in [0.05, 0.1) is 20.6 Å². The first-order valence-corrected chi connectivity index (χ1v) is 9.45. The van der Waals surface area contributed by atoms with Gasteiger partial charge in [-0.3, -0.25) is 9.59 Å². The molecule has 1 unspecified atom stereocenters. The first kappa shape index (κ1) is 22.5. The van der Waals surface area contributed by atoms with Crippen molar-refractivity contribution in [2.45, 2.75) is 25.8 Å². The molecule has 2 aromatic carbocycles. The van der Waals surface area contributed by atoms with E-state index in [0.29, 0.717) is 35.2 Å². The molecule has 0 aliphatic heterocycles. The number of rotatable bonds is 10. The van der Waals surface area contributed by atoms with E-state index in [4.69, 9.17) is 21.1 Å². The number of aliphatic carboxylic acids is 1. The number of carboxylic acid groups (broad SMARTS) is 1. The zero-order valence-corrected chi connectivity index (χ0v) is 17.4. The Kier molecular flexibility index (Phi) is 8.30. The highest BCUT2D eigenvalue weighted by molar-refractivity contribution is 6.31. The first-order valence-electron chi connectivity index (χ1n) is 9.07. The van der Waals surface area contributed by atoms with Gasteiger partial charge in [-0.1, -0.05) is 23.7 Å². The monoisotopic (exact) mass is 420 g/mol. The Balaban J connectivity index is 1.90. The van der Waals surface area contributed by atoms with Crippen LogP contribution in [0.15, 0.2) is 36.4 Å². The largest absolute Gasteiger partial charge is 0.493 e. The Morgan fingerprint density at radius 1 is 1.10 bits per heavy atom. The highest BCUT2D eigenvalue weighted by Crippen LogP contribution is 2.27. The first-order chi connectivity index (χ1) is 13.8. The average Bonchev–Trinajstić information content (AvgIpc) is 2.69. The lowest BCUT2D eigenvalue weighted by Crippen LogP contribution is -2.40. The van der Waals surface area contributed by atoms with Crippen molar-refractivity contribution >= 4 is 29.2 Å². The molecular weight excluding hydrogens is 396 g/mol. The Morgan fingerprint density at radius 2 is 1.83 bits per heavy atom. The van der Waals surface area contributed by atoms with Gasteiger partial charge >= 0.3 is 5.97 Å². The molecule has 3 N–H and O–H groups in total. The van der Waals surface area contributed by atoms with E-state index < -0.39 is 17.9 Å². The van der Waals surface area contributed by atoms with Crippen LogP contribution >= 0.6 is 11.6 Å². The zero-order chi connectivity index (χ0) is 21.4. The van der Waals surface area contributed by atoms with E-state index in [1.54, 1.807) is 38.5 Å². The predicted molar refractivity (Wildman–Crippen MR) is 112 cm³/mol. The summed E-state index contributed by atoms with van der Waals surface area (Å²) in [5.74, 6) is -0.262. The summed E-state index contributed by atoms with van der Waals surface area (Å²) < 4.78 is 10.5. The molecule has 156 valence electrons. The van der Waals surface area contributed by atoms with Crippen LogP contribution in [-0.4, -0.2) is 43.8 Å². The minimum Gasteiger partial charge on any atom is -0.493 e.